The van der Waals surface area contributed by atoms with E-state index in [1.807, 2.05) is 36.4 Å². The number of methoxy groups -OCH3 is 1. The van der Waals surface area contributed by atoms with Crippen molar-refractivity contribution in [3.05, 3.63) is 71.7 Å². The van der Waals surface area contributed by atoms with Gasteiger partial charge in [0.2, 0.25) is 5.88 Å². The lowest BCUT2D eigenvalue weighted by molar-refractivity contribution is 0.144. The summed E-state index contributed by atoms with van der Waals surface area (Å²) >= 11 is 0. The highest BCUT2D eigenvalue weighted by Gasteiger charge is 2.18. The molecule has 0 radical (unpaired) electrons. The first-order valence-corrected chi connectivity index (χ1v) is 10.7. The number of aromatic nitrogens is 2. The molecule has 0 fully saturated rings. The minimum atomic E-state index is -1.19. The first-order chi connectivity index (χ1) is 17.0. The molecule has 2 heterocycles. The molecule has 10 nitrogen and oxygen atoms in total. The Morgan fingerprint density at radius 3 is 2.71 bits per heavy atom. The Morgan fingerprint density at radius 2 is 2.00 bits per heavy atom. The topological polar surface area (TPSA) is 141 Å². The summed E-state index contributed by atoms with van der Waals surface area (Å²) in [5.74, 6) is -0.396. The van der Waals surface area contributed by atoms with Crippen LogP contribution in [0.3, 0.4) is 0 Å². The number of nitrogens with one attached hydrogen (secondary N) is 3. The second-order valence-electron chi connectivity index (χ2n) is 7.39. The van der Waals surface area contributed by atoms with E-state index in [2.05, 4.69) is 25.9 Å². The molecule has 0 bridgehead atoms. The average molecular weight is 481 g/mol. The fourth-order valence-corrected chi connectivity index (χ4v) is 3.18. The van der Waals surface area contributed by atoms with Crippen LogP contribution < -0.4 is 20.7 Å². The number of rotatable bonds is 12. The van der Waals surface area contributed by atoms with Crippen LogP contribution in [0.15, 0.2) is 54.7 Å². The number of nitriles is 1. The van der Waals surface area contributed by atoms with Gasteiger partial charge in [-0.15, -0.1) is 0 Å². The van der Waals surface area contributed by atoms with E-state index in [1.54, 1.807) is 19.2 Å². The van der Waals surface area contributed by atoms with Gasteiger partial charge in [0.1, 0.15) is 12.7 Å². The van der Waals surface area contributed by atoms with Crippen LogP contribution in [0.25, 0.3) is 0 Å². The van der Waals surface area contributed by atoms with Crippen LogP contribution in [-0.4, -0.2) is 54.1 Å². The molecule has 1 amide bonds. The van der Waals surface area contributed by atoms with Crippen LogP contribution in [0, 0.1) is 17.1 Å². The van der Waals surface area contributed by atoms with Crippen molar-refractivity contribution in [1.29, 1.82) is 5.26 Å². The number of pyridine rings is 2. The number of benzene rings is 1. The van der Waals surface area contributed by atoms with Crippen molar-refractivity contribution in [3.63, 3.8) is 0 Å². The van der Waals surface area contributed by atoms with Crippen LogP contribution in [0.2, 0.25) is 0 Å². The molecule has 0 aliphatic carbocycles. The zero-order valence-corrected chi connectivity index (χ0v) is 19.0. The summed E-state index contributed by atoms with van der Waals surface area (Å²) < 4.78 is 25.2. The van der Waals surface area contributed by atoms with Gasteiger partial charge in [-0.2, -0.15) is 5.26 Å². The summed E-state index contributed by atoms with van der Waals surface area (Å²) in [4.78, 5) is 19.4. The normalized spacial score (nSPS) is 11.2. The summed E-state index contributed by atoms with van der Waals surface area (Å²) in [6, 6.07) is 15.1. The van der Waals surface area contributed by atoms with Crippen LogP contribution in [0.1, 0.15) is 11.1 Å². The van der Waals surface area contributed by atoms with Crippen molar-refractivity contribution in [1.82, 2.24) is 15.3 Å². The zero-order valence-electron chi connectivity index (χ0n) is 19.0. The summed E-state index contributed by atoms with van der Waals surface area (Å²) in [5, 5.41) is 26.8. The Morgan fingerprint density at radius 1 is 1.20 bits per heavy atom. The van der Waals surface area contributed by atoms with Gasteiger partial charge in [0.15, 0.2) is 17.5 Å². The van der Waals surface area contributed by atoms with Crippen molar-refractivity contribution >= 4 is 23.4 Å². The van der Waals surface area contributed by atoms with Gasteiger partial charge in [0.25, 0.3) is 0 Å². The Kier molecular flexibility index (Phi) is 9.15. The van der Waals surface area contributed by atoms with Crippen molar-refractivity contribution in [2.45, 2.75) is 12.5 Å². The summed E-state index contributed by atoms with van der Waals surface area (Å²) in [6.45, 7) is 0.723. The lowest BCUT2D eigenvalue weighted by Crippen LogP contribution is -2.37. The van der Waals surface area contributed by atoms with Crippen molar-refractivity contribution in [2.24, 2.45) is 0 Å². The molecule has 35 heavy (non-hydrogen) atoms. The summed E-state index contributed by atoms with van der Waals surface area (Å²) in [6.07, 6.45) is 0.742. The smallest absolute Gasteiger partial charge is 0.404 e. The number of hydrogen-bond donors (Lipinski definition) is 4. The molecule has 0 spiro atoms. The van der Waals surface area contributed by atoms with Gasteiger partial charge in [-0.1, -0.05) is 30.3 Å². The molecule has 0 saturated heterocycles. The van der Waals surface area contributed by atoms with Gasteiger partial charge in [-0.3, -0.25) is 0 Å². The largest absolute Gasteiger partial charge is 0.475 e. The molecule has 1 atom stereocenters. The van der Waals surface area contributed by atoms with Crippen LogP contribution >= 0.6 is 0 Å². The maximum Gasteiger partial charge on any atom is 0.404 e. The number of carbonyl (C=O) groups is 1. The highest BCUT2D eigenvalue weighted by Crippen LogP contribution is 2.25. The first kappa shape index (κ1) is 25.2. The Balaban J connectivity index is 1.82. The van der Waals surface area contributed by atoms with Crippen LogP contribution in [-0.2, 0) is 11.2 Å². The number of carboxylic acid groups (broad SMARTS) is 1. The van der Waals surface area contributed by atoms with Crippen LogP contribution in [0.5, 0.6) is 5.88 Å². The van der Waals surface area contributed by atoms with Gasteiger partial charge in [0.05, 0.1) is 12.2 Å². The van der Waals surface area contributed by atoms with Gasteiger partial charge in [-0.05, 0) is 24.1 Å². The third kappa shape index (κ3) is 7.83. The van der Waals surface area contributed by atoms with Gasteiger partial charge >= 0.3 is 6.09 Å². The second-order valence-corrected chi connectivity index (χ2v) is 7.39. The van der Waals surface area contributed by atoms with E-state index in [0.717, 1.165) is 11.6 Å². The van der Waals surface area contributed by atoms with Crippen LogP contribution in [0.4, 0.5) is 26.5 Å². The van der Waals surface area contributed by atoms with E-state index in [9.17, 15) is 14.4 Å². The van der Waals surface area contributed by atoms with E-state index in [-0.39, 0.29) is 23.7 Å². The number of halogens is 1. The Bertz CT molecular complexity index is 1170. The molecular formula is C24H25FN6O4. The summed E-state index contributed by atoms with van der Waals surface area (Å²) in [7, 11) is 1.56. The number of nitrogens with zero attached hydrogens (tertiary/aromatic N) is 3. The quantitative estimate of drug-likeness (QED) is 0.286. The molecule has 3 aromatic rings. The maximum absolute atomic E-state index is 14.8. The number of hydrogen-bond acceptors (Lipinski definition) is 8. The Labute approximate surface area is 201 Å². The van der Waals surface area contributed by atoms with Crippen molar-refractivity contribution in [3.8, 4) is 11.9 Å². The molecule has 4 N–H and O–H groups in total. The molecule has 11 heteroatoms. The minimum absolute atomic E-state index is 0.00464. The fraction of sp³-hybridized carbons (Fsp3) is 0.250. The third-order valence-electron chi connectivity index (χ3n) is 4.80. The van der Waals surface area contributed by atoms with E-state index < -0.39 is 18.0 Å². The van der Waals surface area contributed by atoms with Gasteiger partial charge in [0, 0.05) is 37.6 Å². The standard InChI is InChI=1S/C24H25FN6O4/c1-34-9-10-35-21-13-18(7-8-27-21)29-22-17(14-26)12-20(25)23(31-22)30-19(15-28-24(32)33)11-16-5-3-2-4-6-16/h2-8,12-13,19,28H,9-11,15H2,1H3,(H,32,33)(H2,27,29,30,31). The lowest BCUT2D eigenvalue weighted by atomic mass is 10.1. The Hall–Kier alpha value is -4.43. The number of ether oxygens (including phenoxy) is 2. The first-order valence-electron chi connectivity index (χ1n) is 10.7. The fourth-order valence-electron chi connectivity index (χ4n) is 3.18. The molecule has 0 saturated carbocycles. The monoisotopic (exact) mass is 480 g/mol. The predicted octanol–water partition coefficient (Wildman–Crippen LogP) is 3.55. The highest BCUT2D eigenvalue weighted by atomic mass is 19.1. The molecule has 0 aliphatic heterocycles. The third-order valence-corrected chi connectivity index (χ3v) is 4.80. The van der Waals surface area contributed by atoms with E-state index in [0.29, 0.717) is 31.2 Å². The highest BCUT2D eigenvalue weighted by molar-refractivity contribution is 5.66. The van der Waals surface area contributed by atoms with Crippen molar-refractivity contribution < 1.29 is 23.8 Å². The second kappa shape index (κ2) is 12.7. The van der Waals surface area contributed by atoms with E-state index in [4.69, 9.17) is 14.6 Å². The number of amides is 1. The maximum atomic E-state index is 14.8. The molecule has 1 aromatic carbocycles. The average Bonchev–Trinajstić information content (AvgIpc) is 2.85. The van der Waals surface area contributed by atoms with Gasteiger partial charge in [-0.25, -0.2) is 19.2 Å². The molecule has 182 valence electrons. The molecule has 2 aromatic heterocycles. The number of anilines is 3. The molecule has 3 rings (SSSR count). The predicted molar refractivity (Wildman–Crippen MR) is 127 cm³/mol. The minimum Gasteiger partial charge on any atom is -0.475 e. The van der Waals surface area contributed by atoms with Crippen molar-refractivity contribution in [2.75, 3.05) is 37.5 Å². The lowest BCUT2D eigenvalue weighted by Gasteiger charge is -2.20. The molecular weight excluding hydrogens is 455 g/mol. The zero-order chi connectivity index (χ0) is 25.0. The SMILES string of the molecule is COCCOc1cc(Nc2nc(NC(CNC(=O)O)Cc3ccccc3)c(F)cc2C#N)ccn1. The molecule has 1 unspecified atom stereocenters. The van der Waals surface area contributed by atoms with E-state index in [1.165, 1.54) is 6.20 Å². The molecule has 0 aliphatic rings. The van der Waals surface area contributed by atoms with E-state index >= 15 is 0 Å². The summed E-state index contributed by atoms with van der Waals surface area (Å²) in [5.41, 5.74) is 1.46. The van der Waals surface area contributed by atoms with Gasteiger partial charge < -0.3 is 30.5 Å².